The summed E-state index contributed by atoms with van der Waals surface area (Å²) < 4.78 is 42.6. The van der Waals surface area contributed by atoms with Crippen LogP contribution < -0.4 is 20.7 Å². The molecular weight excluding hydrogens is 557 g/mol. The van der Waals surface area contributed by atoms with Crippen LogP contribution in [0.5, 0.6) is 5.75 Å². The van der Waals surface area contributed by atoms with Crippen LogP contribution in [0.3, 0.4) is 0 Å². The van der Waals surface area contributed by atoms with Crippen molar-refractivity contribution in [1.82, 2.24) is 15.3 Å². The molecule has 0 saturated heterocycles. The van der Waals surface area contributed by atoms with Gasteiger partial charge in [0.25, 0.3) is 0 Å². The van der Waals surface area contributed by atoms with Gasteiger partial charge in [-0.3, -0.25) is 0 Å². The van der Waals surface area contributed by atoms with Crippen LogP contribution in [-0.4, -0.2) is 46.2 Å². The standard InChI is InChI=1S/C32H41F3N6O2/c1-30(42)8-6-20(7-9-30)16-37-27-23-10-21-11-24(27)14-31(12-21,13-23)19-40-28-25(15-36)18-39-29(41-28)38-17-22-4-2-3-5-26(22)43-32(33,34)35/h2-5,18,20-21,23-24,27,37,42H,6-14,16-17,19H2,1H3,(H2,38,39,40,41)/t20-,21?,23-,24+,27-,30-,31-. The van der Waals surface area contributed by atoms with Gasteiger partial charge in [0, 0.05) is 24.7 Å². The van der Waals surface area contributed by atoms with Gasteiger partial charge in [0.1, 0.15) is 23.2 Å². The molecule has 11 heteroatoms. The number of nitrogens with one attached hydrogen (secondary N) is 3. The van der Waals surface area contributed by atoms with E-state index >= 15 is 0 Å². The minimum Gasteiger partial charge on any atom is -0.405 e. The lowest BCUT2D eigenvalue weighted by Gasteiger charge is -2.60. The second-order valence-electron chi connectivity index (χ2n) is 13.8. The van der Waals surface area contributed by atoms with Gasteiger partial charge in [-0.2, -0.15) is 10.2 Å². The number of benzene rings is 1. The van der Waals surface area contributed by atoms with E-state index in [4.69, 9.17) is 0 Å². The highest BCUT2D eigenvalue weighted by atomic mass is 19.4. The molecule has 1 heterocycles. The van der Waals surface area contributed by atoms with Gasteiger partial charge in [0.15, 0.2) is 0 Å². The molecule has 1 aromatic carbocycles. The largest absolute Gasteiger partial charge is 0.573 e. The summed E-state index contributed by atoms with van der Waals surface area (Å²) in [6.45, 7) is 3.76. The van der Waals surface area contributed by atoms with E-state index in [1.807, 2.05) is 6.92 Å². The van der Waals surface area contributed by atoms with E-state index in [1.54, 1.807) is 12.1 Å². The molecule has 0 spiro atoms. The van der Waals surface area contributed by atoms with Gasteiger partial charge in [-0.1, -0.05) is 18.2 Å². The Morgan fingerprint density at radius 2 is 1.81 bits per heavy atom. The summed E-state index contributed by atoms with van der Waals surface area (Å²) in [6.07, 6.45) is 6.65. The fourth-order valence-electron chi connectivity index (χ4n) is 8.55. The maximum atomic E-state index is 12.8. The zero-order valence-corrected chi connectivity index (χ0v) is 24.6. The highest BCUT2D eigenvalue weighted by Crippen LogP contribution is 2.60. The molecule has 5 aliphatic rings. The Morgan fingerprint density at radius 3 is 2.51 bits per heavy atom. The lowest BCUT2D eigenvalue weighted by Crippen LogP contribution is -2.60. The van der Waals surface area contributed by atoms with Crippen LogP contribution >= 0.6 is 0 Å². The average molecular weight is 599 g/mol. The molecule has 0 amide bonds. The molecule has 5 aliphatic carbocycles. The maximum absolute atomic E-state index is 12.8. The topological polar surface area (TPSA) is 115 Å². The van der Waals surface area contributed by atoms with Crippen LogP contribution in [0.15, 0.2) is 30.5 Å². The monoisotopic (exact) mass is 598 g/mol. The number of para-hydroxylation sites is 1. The van der Waals surface area contributed by atoms with Crippen molar-refractivity contribution in [2.45, 2.75) is 89.3 Å². The van der Waals surface area contributed by atoms with Crippen LogP contribution in [0.4, 0.5) is 24.9 Å². The number of nitriles is 1. The number of anilines is 2. The number of hydrogen-bond donors (Lipinski definition) is 4. The first-order valence-corrected chi connectivity index (χ1v) is 15.5. The molecule has 5 fully saturated rings. The SMILES string of the molecule is C[C@]1(O)CC[C@H](CN[C@@H]2[C@@H]3CC4C[C@H]2C[C@@](CNc2nc(NCc5ccccc5OC(F)(F)F)ncc2C#N)(C4)C3)CC1. The first-order valence-electron chi connectivity index (χ1n) is 15.5. The minimum atomic E-state index is -4.79. The Bertz CT molecular complexity index is 1320. The van der Waals surface area contributed by atoms with Crippen molar-refractivity contribution >= 4 is 11.8 Å². The number of halogens is 3. The Balaban J connectivity index is 1.07. The van der Waals surface area contributed by atoms with E-state index in [9.17, 15) is 23.5 Å². The summed E-state index contributed by atoms with van der Waals surface area (Å²) in [6, 6.07) is 8.66. The third kappa shape index (κ3) is 7.01. The van der Waals surface area contributed by atoms with Crippen molar-refractivity contribution in [3.8, 4) is 11.8 Å². The molecule has 2 aromatic rings. The van der Waals surface area contributed by atoms with Gasteiger partial charge in [-0.05, 0) is 106 Å². The molecule has 1 aromatic heterocycles. The summed E-state index contributed by atoms with van der Waals surface area (Å²) in [5, 5.41) is 30.5. The van der Waals surface area contributed by atoms with E-state index in [1.165, 1.54) is 37.6 Å². The molecule has 5 atom stereocenters. The highest BCUT2D eigenvalue weighted by Gasteiger charge is 2.55. The summed E-state index contributed by atoms with van der Waals surface area (Å²) in [5.41, 5.74) is 0.315. The molecule has 5 saturated carbocycles. The lowest BCUT2D eigenvalue weighted by atomic mass is 9.48. The Hall–Kier alpha value is -3.10. The van der Waals surface area contributed by atoms with Crippen molar-refractivity contribution < 1.29 is 23.0 Å². The number of ether oxygens (including phenoxy) is 1. The number of nitrogens with zero attached hydrogens (tertiary/aromatic N) is 3. The Labute approximate surface area is 250 Å². The van der Waals surface area contributed by atoms with Crippen LogP contribution in [0, 0.1) is 40.4 Å². The third-order valence-electron chi connectivity index (χ3n) is 10.4. The molecule has 8 nitrogen and oxygen atoms in total. The highest BCUT2D eigenvalue weighted by molar-refractivity contribution is 5.53. The maximum Gasteiger partial charge on any atom is 0.573 e. The molecule has 4 N–H and O–H groups in total. The van der Waals surface area contributed by atoms with E-state index < -0.39 is 12.0 Å². The molecule has 1 unspecified atom stereocenters. The minimum absolute atomic E-state index is 0.0289. The Kier molecular flexibility index (Phi) is 8.20. The molecule has 232 valence electrons. The van der Waals surface area contributed by atoms with E-state index in [0.29, 0.717) is 40.7 Å². The second kappa shape index (κ2) is 11.8. The van der Waals surface area contributed by atoms with Crippen molar-refractivity contribution in [1.29, 1.82) is 5.26 Å². The fourth-order valence-corrected chi connectivity index (χ4v) is 8.55. The summed E-state index contributed by atoms with van der Waals surface area (Å²) >= 11 is 0. The van der Waals surface area contributed by atoms with Crippen molar-refractivity contribution in [3.05, 3.63) is 41.6 Å². The van der Waals surface area contributed by atoms with Crippen LogP contribution in [0.1, 0.15) is 75.8 Å². The zero-order chi connectivity index (χ0) is 30.2. The van der Waals surface area contributed by atoms with Gasteiger partial charge < -0.3 is 25.8 Å². The van der Waals surface area contributed by atoms with Gasteiger partial charge in [0.05, 0.1) is 11.8 Å². The summed E-state index contributed by atoms with van der Waals surface area (Å²) in [5.74, 6) is 3.06. The molecule has 43 heavy (non-hydrogen) atoms. The smallest absolute Gasteiger partial charge is 0.405 e. The van der Waals surface area contributed by atoms with Crippen molar-refractivity contribution in [3.63, 3.8) is 0 Å². The molecule has 0 radical (unpaired) electrons. The van der Waals surface area contributed by atoms with Gasteiger partial charge in [-0.15, -0.1) is 13.2 Å². The number of rotatable bonds is 10. The molecular formula is C32H41F3N6O2. The Morgan fingerprint density at radius 1 is 1.09 bits per heavy atom. The third-order valence-corrected chi connectivity index (χ3v) is 10.4. The zero-order valence-electron chi connectivity index (χ0n) is 24.6. The van der Waals surface area contributed by atoms with Gasteiger partial charge >= 0.3 is 6.36 Å². The van der Waals surface area contributed by atoms with E-state index in [2.05, 4.69) is 36.7 Å². The number of hydrogen-bond acceptors (Lipinski definition) is 8. The van der Waals surface area contributed by atoms with Gasteiger partial charge in [-0.25, -0.2) is 4.98 Å². The van der Waals surface area contributed by atoms with E-state index in [-0.39, 0.29) is 23.7 Å². The van der Waals surface area contributed by atoms with Crippen molar-refractivity contribution in [2.24, 2.45) is 29.1 Å². The number of alkyl halides is 3. The van der Waals surface area contributed by atoms with E-state index in [0.717, 1.165) is 57.5 Å². The first-order chi connectivity index (χ1) is 20.5. The molecule has 7 rings (SSSR count). The quantitative estimate of drug-likeness (QED) is 0.264. The molecule has 4 bridgehead atoms. The van der Waals surface area contributed by atoms with Crippen LogP contribution in [0.2, 0.25) is 0 Å². The number of aliphatic hydroxyl groups is 1. The first kappa shape index (κ1) is 29.9. The summed E-state index contributed by atoms with van der Waals surface area (Å²) in [7, 11) is 0. The van der Waals surface area contributed by atoms with Crippen LogP contribution in [0.25, 0.3) is 0 Å². The predicted molar refractivity (Wildman–Crippen MR) is 156 cm³/mol. The lowest BCUT2D eigenvalue weighted by molar-refractivity contribution is -0.274. The van der Waals surface area contributed by atoms with Gasteiger partial charge in [0.2, 0.25) is 5.95 Å². The van der Waals surface area contributed by atoms with Crippen LogP contribution in [-0.2, 0) is 6.54 Å². The molecule has 0 aliphatic heterocycles. The average Bonchev–Trinajstić information content (AvgIpc) is 2.95. The number of aromatic nitrogens is 2. The predicted octanol–water partition coefficient (Wildman–Crippen LogP) is 6.00. The fraction of sp³-hybridized carbons (Fsp3) is 0.656. The summed E-state index contributed by atoms with van der Waals surface area (Å²) in [4.78, 5) is 8.75. The normalized spacial score (nSPS) is 33.2. The second-order valence-corrected chi connectivity index (χ2v) is 13.8. The van der Waals surface area contributed by atoms with Crippen molar-refractivity contribution in [2.75, 3.05) is 23.7 Å².